The Labute approximate surface area is 169 Å². The van der Waals surface area contributed by atoms with E-state index in [-0.39, 0.29) is 24.0 Å². The van der Waals surface area contributed by atoms with Crippen molar-refractivity contribution < 1.29 is 0 Å². The molecule has 25 heavy (non-hydrogen) atoms. The zero-order valence-corrected chi connectivity index (χ0v) is 18.9. The lowest BCUT2D eigenvalue weighted by atomic mass is 9.91. The fourth-order valence-corrected chi connectivity index (χ4v) is 2.90. The molecule has 0 saturated carbocycles. The summed E-state index contributed by atoms with van der Waals surface area (Å²) < 4.78 is 2.06. The van der Waals surface area contributed by atoms with Crippen molar-refractivity contribution in [1.82, 2.24) is 25.4 Å². The van der Waals surface area contributed by atoms with Crippen molar-refractivity contribution >= 4 is 29.9 Å². The minimum Gasteiger partial charge on any atom is -0.356 e. The topological polar surface area (TPSA) is 67.1 Å². The molecule has 1 aliphatic rings. The van der Waals surface area contributed by atoms with Gasteiger partial charge in [-0.2, -0.15) is 5.10 Å². The second kappa shape index (κ2) is 9.73. The highest BCUT2D eigenvalue weighted by Gasteiger charge is 2.23. The van der Waals surface area contributed by atoms with Crippen molar-refractivity contribution in [3.63, 3.8) is 0 Å². The predicted octanol–water partition coefficient (Wildman–Crippen LogP) is 3.33. The van der Waals surface area contributed by atoms with Crippen molar-refractivity contribution in [1.29, 1.82) is 0 Å². The Morgan fingerprint density at radius 3 is 2.68 bits per heavy atom. The normalized spacial score (nSPS) is 17.9. The number of aryl methyl sites for hydroxylation is 1. The summed E-state index contributed by atoms with van der Waals surface area (Å²) in [5.41, 5.74) is 0.389. The van der Waals surface area contributed by atoms with Gasteiger partial charge in [-0.05, 0) is 24.7 Å². The fraction of sp³-hybridized carbons (Fsp3) is 0.833. The summed E-state index contributed by atoms with van der Waals surface area (Å²) in [5, 5.41) is 11.6. The molecular weight excluding hydrogens is 427 g/mol. The highest BCUT2D eigenvalue weighted by Crippen LogP contribution is 2.20. The first kappa shape index (κ1) is 22.2. The van der Waals surface area contributed by atoms with Gasteiger partial charge in [-0.1, -0.05) is 34.6 Å². The number of aromatic nitrogens is 3. The van der Waals surface area contributed by atoms with E-state index in [2.05, 4.69) is 65.0 Å². The molecule has 7 heteroatoms. The van der Waals surface area contributed by atoms with Crippen molar-refractivity contribution in [2.75, 3.05) is 13.6 Å². The third kappa shape index (κ3) is 7.11. The second-order valence-electron chi connectivity index (χ2n) is 8.27. The van der Waals surface area contributed by atoms with Crippen LogP contribution in [-0.4, -0.2) is 40.4 Å². The van der Waals surface area contributed by atoms with Crippen LogP contribution in [0.5, 0.6) is 0 Å². The molecule has 1 unspecified atom stereocenters. The van der Waals surface area contributed by atoms with Gasteiger partial charge in [0.2, 0.25) is 0 Å². The Kier molecular flexibility index (Phi) is 8.63. The van der Waals surface area contributed by atoms with E-state index in [0.29, 0.717) is 17.4 Å². The van der Waals surface area contributed by atoms with E-state index >= 15 is 0 Å². The molecule has 0 aliphatic carbocycles. The van der Waals surface area contributed by atoms with Crippen molar-refractivity contribution in [2.24, 2.45) is 10.4 Å². The molecule has 144 valence electrons. The van der Waals surface area contributed by atoms with Crippen LogP contribution in [0.4, 0.5) is 0 Å². The van der Waals surface area contributed by atoms with Crippen LogP contribution >= 0.6 is 24.0 Å². The maximum absolute atomic E-state index is 4.65. The van der Waals surface area contributed by atoms with E-state index in [9.17, 15) is 0 Å². The van der Waals surface area contributed by atoms with E-state index < -0.39 is 0 Å². The van der Waals surface area contributed by atoms with Crippen LogP contribution in [0.1, 0.15) is 71.4 Å². The molecule has 0 fully saturated rings. The van der Waals surface area contributed by atoms with Crippen molar-refractivity contribution in [3.05, 3.63) is 11.6 Å². The molecule has 0 radical (unpaired) electrons. The van der Waals surface area contributed by atoms with E-state index in [1.807, 2.05) is 7.05 Å². The number of rotatable bonds is 5. The van der Waals surface area contributed by atoms with Gasteiger partial charge in [-0.15, -0.1) is 24.0 Å². The lowest BCUT2D eigenvalue weighted by Crippen LogP contribution is -2.47. The van der Waals surface area contributed by atoms with Crippen LogP contribution < -0.4 is 10.6 Å². The Balaban J connectivity index is 0.00000312. The van der Waals surface area contributed by atoms with Gasteiger partial charge >= 0.3 is 0 Å². The van der Waals surface area contributed by atoms with E-state index in [4.69, 9.17) is 0 Å². The zero-order chi connectivity index (χ0) is 17.7. The summed E-state index contributed by atoms with van der Waals surface area (Å²) in [6, 6.07) is 0.355. The summed E-state index contributed by atoms with van der Waals surface area (Å²) >= 11 is 0. The Hall–Kier alpha value is -0.860. The van der Waals surface area contributed by atoms with Gasteiger partial charge in [-0.25, -0.2) is 9.67 Å². The molecule has 0 aromatic carbocycles. The number of hydrogen-bond acceptors (Lipinski definition) is 3. The van der Waals surface area contributed by atoms with Gasteiger partial charge in [0.15, 0.2) is 11.8 Å². The first-order chi connectivity index (χ1) is 11.3. The molecule has 2 rings (SSSR count). The summed E-state index contributed by atoms with van der Waals surface area (Å²) in [5.74, 6) is 3.34. The number of aliphatic imine (C=N–C) groups is 1. The predicted molar refractivity (Wildman–Crippen MR) is 115 cm³/mol. The quantitative estimate of drug-likeness (QED) is 0.305. The van der Waals surface area contributed by atoms with Gasteiger partial charge in [0, 0.05) is 32.0 Å². The van der Waals surface area contributed by atoms with E-state index in [1.54, 1.807) is 0 Å². The lowest BCUT2D eigenvalue weighted by molar-refractivity contribution is 0.363. The highest BCUT2D eigenvalue weighted by atomic mass is 127. The monoisotopic (exact) mass is 462 g/mol. The van der Waals surface area contributed by atoms with Crippen LogP contribution in [0, 0.1) is 5.41 Å². The number of nitrogens with zero attached hydrogens (tertiary/aromatic N) is 4. The second-order valence-corrected chi connectivity index (χ2v) is 8.27. The number of fused-ring (bicyclic) bond motifs is 1. The van der Waals surface area contributed by atoms with Gasteiger partial charge in [0.05, 0.1) is 6.54 Å². The number of hydrogen-bond donors (Lipinski definition) is 2. The summed E-state index contributed by atoms with van der Waals surface area (Å²) in [4.78, 5) is 9.00. The molecule has 0 saturated heterocycles. The summed E-state index contributed by atoms with van der Waals surface area (Å²) in [7, 11) is 1.83. The number of halogens is 1. The molecule has 0 bridgehead atoms. The summed E-state index contributed by atoms with van der Waals surface area (Å²) in [6.07, 6.45) is 4.40. The third-order valence-corrected chi connectivity index (χ3v) is 4.35. The molecule has 6 nitrogen and oxygen atoms in total. The maximum atomic E-state index is 4.65. The lowest BCUT2D eigenvalue weighted by Gasteiger charge is -2.25. The Morgan fingerprint density at radius 1 is 1.36 bits per heavy atom. The molecule has 1 aromatic heterocycles. The van der Waals surface area contributed by atoms with E-state index in [1.165, 1.54) is 6.42 Å². The highest BCUT2D eigenvalue weighted by molar-refractivity contribution is 14.0. The average molecular weight is 462 g/mol. The Bertz CT molecular complexity index is 558. The van der Waals surface area contributed by atoms with Crippen molar-refractivity contribution in [3.8, 4) is 0 Å². The molecule has 2 N–H and O–H groups in total. The Morgan fingerprint density at radius 2 is 2.08 bits per heavy atom. The standard InChI is InChI=1S/C18H34N6.HI/c1-13(2)16-22-15-9-8-14(12-24(15)23-16)21-17(19-6)20-11-7-10-18(3,4)5;/h13-14H,7-12H2,1-6H3,(H2,19,20,21);1H. The van der Waals surface area contributed by atoms with Gasteiger partial charge < -0.3 is 10.6 Å². The summed E-state index contributed by atoms with van der Waals surface area (Å²) in [6.45, 7) is 12.9. The average Bonchev–Trinajstić information content (AvgIpc) is 2.92. The van der Waals surface area contributed by atoms with Gasteiger partial charge in [-0.3, -0.25) is 4.99 Å². The smallest absolute Gasteiger partial charge is 0.191 e. The minimum absolute atomic E-state index is 0. The first-order valence-corrected chi connectivity index (χ1v) is 9.19. The van der Waals surface area contributed by atoms with E-state index in [0.717, 1.165) is 50.0 Å². The van der Waals surface area contributed by atoms with Gasteiger partial charge in [0.25, 0.3) is 0 Å². The van der Waals surface area contributed by atoms with Crippen LogP contribution in [0.3, 0.4) is 0 Å². The SMILES string of the molecule is CN=C(NCCCC(C)(C)C)NC1CCc2nc(C(C)C)nn2C1.I. The van der Waals surface area contributed by atoms with Crippen LogP contribution in [-0.2, 0) is 13.0 Å². The van der Waals surface area contributed by atoms with Crippen LogP contribution in [0.2, 0.25) is 0 Å². The third-order valence-electron chi connectivity index (χ3n) is 4.35. The fourth-order valence-electron chi connectivity index (χ4n) is 2.90. The molecule has 2 heterocycles. The molecule has 1 aliphatic heterocycles. The maximum Gasteiger partial charge on any atom is 0.191 e. The number of guanidine groups is 1. The first-order valence-electron chi connectivity index (χ1n) is 9.19. The van der Waals surface area contributed by atoms with Crippen LogP contribution in [0.25, 0.3) is 0 Å². The number of nitrogens with one attached hydrogen (secondary N) is 2. The molecule has 1 atom stereocenters. The van der Waals surface area contributed by atoms with Crippen molar-refractivity contribution in [2.45, 2.75) is 78.8 Å². The molecule has 0 spiro atoms. The van der Waals surface area contributed by atoms with Crippen LogP contribution in [0.15, 0.2) is 4.99 Å². The molecule has 0 amide bonds. The molecule has 1 aromatic rings. The minimum atomic E-state index is 0. The molecular formula is C18H35IN6. The van der Waals surface area contributed by atoms with Gasteiger partial charge in [0.1, 0.15) is 5.82 Å². The zero-order valence-electron chi connectivity index (χ0n) is 16.6. The largest absolute Gasteiger partial charge is 0.356 e.